The summed E-state index contributed by atoms with van der Waals surface area (Å²) in [7, 11) is -5.10. The van der Waals surface area contributed by atoms with E-state index in [1.54, 1.807) is 0 Å². The number of carboxylic acids is 2. The maximum Gasteiger partial charge on any atom is 1.00 e. The quantitative estimate of drug-likeness (QED) is 0.373. The fourth-order valence-electron chi connectivity index (χ4n) is 1.01. The first kappa shape index (κ1) is 22.3. The molecule has 0 aromatic carbocycles. The van der Waals surface area contributed by atoms with Crippen molar-refractivity contribution in [1.29, 1.82) is 0 Å². The molecule has 0 amide bonds. The standard InChI is InChI=1S/C6H11O7P.2Na/c1-2-6(5(9)10,3-4(7)8)14(11,12)13;;/h2-3H2,1H3,(H,7,8)(H,9,10)(H2,11,12,13);;/q;2*+1/p-2. The zero-order valence-electron chi connectivity index (χ0n) is 9.30. The molecule has 1 atom stereocenters. The summed E-state index contributed by atoms with van der Waals surface area (Å²) < 4.78 is 10.8. The monoisotopic (exact) mass is 270 g/mol. The van der Waals surface area contributed by atoms with Gasteiger partial charge in [0.05, 0.1) is 5.97 Å². The predicted molar refractivity (Wildman–Crippen MR) is 39.7 cm³/mol. The molecule has 0 rings (SSSR count). The van der Waals surface area contributed by atoms with E-state index >= 15 is 0 Å². The average Bonchev–Trinajstić information content (AvgIpc) is 1.96. The smallest absolute Gasteiger partial charge is 0.550 e. The molecule has 0 radical (unpaired) electrons. The fourth-order valence-corrected chi connectivity index (χ4v) is 1.99. The Morgan fingerprint density at radius 2 is 1.62 bits per heavy atom. The van der Waals surface area contributed by atoms with Crippen LogP contribution >= 0.6 is 7.60 Å². The van der Waals surface area contributed by atoms with Crippen molar-refractivity contribution in [3.8, 4) is 0 Å². The van der Waals surface area contributed by atoms with Crippen LogP contribution in [0.1, 0.15) is 19.8 Å². The Kier molecular flexibility index (Phi) is 11.5. The molecule has 0 heterocycles. The Bertz CT molecular complexity index is 301. The third kappa shape index (κ3) is 5.16. The Hall–Kier alpha value is 1.09. The van der Waals surface area contributed by atoms with Crippen molar-refractivity contribution < 1.29 is 93.3 Å². The van der Waals surface area contributed by atoms with Gasteiger partial charge >= 0.3 is 66.7 Å². The van der Waals surface area contributed by atoms with Crippen LogP contribution in [0, 0.1) is 0 Å². The van der Waals surface area contributed by atoms with E-state index in [9.17, 15) is 24.4 Å². The van der Waals surface area contributed by atoms with Crippen LogP contribution in [0.4, 0.5) is 0 Å². The minimum Gasteiger partial charge on any atom is -0.550 e. The maximum absolute atomic E-state index is 10.8. The molecule has 0 saturated carbocycles. The number of hydrogen-bond acceptors (Lipinski definition) is 5. The number of carbonyl (C=O) groups excluding carboxylic acids is 2. The molecule has 2 N–H and O–H groups in total. The summed E-state index contributed by atoms with van der Waals surface area (Å²) in [5, 5.41) is 18.0. The Labute approximate surface area is 136 Å². The zero-order chi connectivity index (χ0) is 11.6. The van der Waals surface area contributed by atoms with Gasteiger partial charge in [-0.1, -0.05) is 6.92 Å². The molecule has 0 aliphatic rings. The van der Waals surface area contributed by atoms with Gasteiger partial charge in [-0.15, -0.1) is 0 Å². The molecule has 0 spiro atoms. The summed E-state index contributed by atoms with van der Waals surface area (Å²) in [5.41, 5.74) is 0. The van der Waals surface area contributed by atoms with Gasteiger partial charge in [0.2, 0.25) is 0 Å². The van der Waals surface area contributed by atoms with Gasteiger partial charge in [-0.3, -0.25) is 4.57 Å². The van der Waals surface area contributed by atoms with E-state index in [1.807, 2.05) is 0 Å². The van der Waals surface area contributed by atoms with Gasteiger partial charge in [-0.2, -0.15) is 0 Å². The van der Waals surface area contributed by atoms with Crippen molar-refractivity contribution >= 4 is 19.5 Å². The number of carbonyl (C=O) groups is 2. The molecule has 0 aliphatic heterocycles. The molecule has 0 aromatic heterocycles. The second-order valence-corrected chi connectivity index (χ2v) is 4.71. The van der Waals surface area contributed by atoms with Gasteiger partial charge in [-0.05, 0) is 6.42 Å². The molecular formula is C6H9Na2O7P. The predicted octanol–water partition coefficient (Wildman–Crippen LogP) is -8.79. The Morgan fingerprint density at radius 1 is 1.25 bits per heavy atom. The van der Waals surface area contributed by atoms with Crippen molar-refractivity contribution in [2.75, 3.05) is 0 Å². The van der Waals surface area contributed by atoms with Crippen LogP contribution in [-0.4, -0.2) is 26.9 Å². The van der Waals surface area contributed by atoms with Crippen LogP contribution in [0.5, 0.6) is 0 Å². The van der Waals surface area contributed by atoms with Gasteiger partial charge in [0, 0.05) is 12.4 Å². The summed E-state index contributed by atoms with van der Waals surface area (Å²) in [6.07, 6.45) is -1.82. The molecule has 7 nitrogen and oxygen atoms in total. The summed E-state index contributed by atoms with van der Waals surface area (Å²) in [5.74, 6) is -3.93. The number of rotatable bonds is 5. The molecule has 16 heavy (non-hydrogen) atoms. The first-order chi connectivity index (χ1) is 6.17. The van der Waals surface area contributed by atoms with Crippen LogP contribution in [0.2, 0.25) is 0 Å². The second kappa shape index (κ2) is 8.24. The van der Waals surface area contributed by atoms with Crippen LogP contribution in [-0.2, 0) is 14.2 Å². The minimum atomic E-state index is -5.10. The molecule has 0 fully saturated rings. The van der Waals surface area contributed by atoms with Crippen molar-refractivity contribution in [3.05, 3.63) is 0 Å². The first-order valence-electron chi connectivity index (χ1n) is 3.64. The van der Waals surface area contributed by atoms with Gasteiger partial charge < -0.3 is 29.6 Å². The van der Waals surface area contributed by atoms with Crippen LogP contribution < -0.4 is 69.3 Å². The van der Waals surface area contributed by atoms with Crippen LogP contribution in [0.25, 0.3) is 0 Å². The van der Waals surface area contributed by atoms with Crippen LogP contribution in [0.15, 0.2) is 0 Å². The van der Waals surface area contributed by atoms with Crippen molar-refractivity contribution in [1.82, 2.24) is 0 Å². The average molecular weight is 270 g/mol. The fraction of sp³-hybridized carbons (Fsp3) is 0.667. The van der Waals surface area contributed by atoms with Crippen molar-refractivity contribution in [2.45, 2.75) is 24.9 Å². The maximum atomic E-state index is 10.8. The van der Waals surface area contributed by atoms with Gasteiger partial charge in [0.15, 0.2) is 0 Å². The van der Waals surface area contributed by atoms with Crippen molar-refractivity contribution in [2.24, 2.45) is 0 Å². The van der Waals surface area contributed by atoms with E-state index in [0.29, 0.717) is 0 Å². The van der Waals surface area contributed by atoms with Gasteiger partial charge in [-0.25, -0.2) is 0 Å². The zero-order valence-corrected chi connectivity index (χ0v) is 14.2. The topological polar surface area (TPSA) is 138 Å². The van der Waals surface area contributed by atoms with Crippen LogP contribution in [0.3, 0.4) is 0 Å². The second-order valence-electron chi connectivity index (χ2n) is 2.77. The summed E-state index contributed by atoms with van der Waals surface area (Å²) in [6.45, 7) is 1.15. The minimum absolute atomic E-state index is 0. The first-order valence-corrected chi connectivity index (χ1v) is 5.25. The third-order valence-electron chi connectivity index (χ3n) is 1.96. The molecule has 82 valence electrons. The molecule has 0 aromatic rings. The summed E-state index contributed by atoms with van der Waals surface area (Å²) in [4.78, 5) is 38.2. The van der Waals surface area contributed by atoms with E-state index in [2.05, 4.69) is 0 Å². The molecule has 0 bridgehead atoms. The number of hydrogen-bond donors (Lipinski definition) is 2. The third-order valence-corrected chi connectivity index (χ3v) is 3.73. The SMILES string of the molecule is CCC(CC(=O)[O-])(C(=O)[O-])P(=O)(O)O.[Na+].[Na+]. The number of carboxylic acid groups (broad SMARTS) is 2. The molecule has 0 saturated heterocycles. The number of aliphatic carboxylic acids is 2. The van der Waals surface area contributed by atoms with E-state index in [-0.39, 0.29) is 59.1 Å². The van der Waals surface area contributed by atoms with E-state index in [0.717, 1.165) is 6.92 Å². The summed E-state index contributed by atoms with van der Waals surface area (Å²) >= 11 is 0. The summed E-state index contributed by atoms with van der Waals surface area (Å²) in [6, 6.07) is 0. The molecule has 0 aliphatic carbocycles. The Balaban J connectivity index is -0.000000845. The Morgan fingerprint density at radius 3 is 1.69 bits per heavy atom. The van der Waals surface area contributed by atoms with Gasteiger partial charge in [0.25, 0.3) is 0 Å². The van der Waals surface area contributed by atoms with E-state index in [4.69, 9.17) is 9.79 Å². The van der Waals surface area contributed by atoms with E-state index < -0.39 is 37.5 Å². The van der Waals surface area contributed by atoms with Gasteiger partial charge in [0.1, 0.15) is 5.16 Å². The normalized spacial score (nSPS) is 13.9. The van der Waals surface area contributed by atoms with Crippen molar-refractivity contribution in [3.63, 3.8) is 0 Å². The van der Waals surface area contributed by atoms with E-state index in [1.165, 1.54) is 0 Å². The molecule has 1 unspecified atom stereocenters. The molecular weight excluding hydrogens is 261 g/mol. The largest absolute Gasteiger partial charge is 1.00 e. The molecule has 10 heteroatoms.